The second kappa shape index (κ2) is 5.53. The Morgan fingerprint density at radius 2 is 1.89 bits per heavy atom. The van der Waals surface area contributed by atoms with Crippen molar-refractivity contribution in [1.82, 2.24) is 5.73 Å². The Kier molecular flexibility index (Phi) is 4.31. The highest BCUT2D eigenvalue weighted by Crippen LogP contribution is 2.17. The number of anilines is 1. The Labute approximate surface area is 106 Å². The van der Waals surface area contributed by atoms with E-state index >= 15 is 0 Å². The van der Waals surface area contributed by atoms with Crippen molar-refractivity contribution in [3.8, 4) is 0 Å². The highest BCUT2D eigenvalue weighted by atomic mass is 16.6. The first-order valence-corrected chi connectivity index (χ1v) is 5.60. The number of hydrogen-bond acceptors (Lipinski definition) is 3. The van der Waals surface area contributed by atoms with Crippen molar-refractivity contribution in [2.75, 3.05) is 5.32 Å². The van der Waals surface area contributed by atoms with Crippen LogP contribution in [0, 0.1) is 0 Å². The highest BCUT2D eigenvalue weighted by molar-refractivity contribution is 5.87. The summed E-state index contributed by atoms with van der Waals surface area (Å²) in [5.74, 6) is -0.701. The van der Waals surface area contributed by atoms with E-state index in [2.05, 4.69) is 5.32 Å². The lowest BCUT2D eigenvalue weighted by molar-refractivity contribution is -0.118. The van der Waals surface area contributed by atoms with Crippen molar-refractivity contribution in [1.29, 1.82) is 0 Å². The minimum atomic E-state index is -0.701. The largest absolute Gasteiger partial charge is 0.444 e. The monoisotopic (exact) mass is 249 g/mol. The summed E-state index contributed by atoms with van der Waals surface area (Å²) in [6.45, 7) is 5.31. The van der Waals surface area contributed by atoms with Crippen molar-refractivity contribution in [3.05, 3.63) is 29.8 Å². The van der Waals surface area contributed by atoms with Gasteiger partial charge >= 0.3 is 6.09 Å². The zero-order chi connectivity index (χ0) is 13.8. The molecule has 0 atom stereocenters. The minimum Gasteiger partial charge on any atom is -0.444 e. The summed E-state index contributed by atoms with van der Waals surface area (Å²) in [7, 11) is 0. The second-order valence-corrected chi connectivity index (χ2v) is 4.88. The van der Waals surface area contributed by atoms with Crippen LogP contribution in [0.1, 0.15) is 26.3 Å². The summed E-state index contributed by atoms with van der Waals surface area (Å²) in [6.07, 6.45) is -0.612. The maximum absolute atomic E-state index is 11.6. The molecule has 2 amide bonds. The normalized spacial score (nSPS) is 10.8. The van der Waals surface area contributed by atoms with E-state index in [4.69, 9.17) is 10.5 Å². The Balaban J connectivity index is 2.78. The van der Waals surface area contributed by atoms with E-state index in [0.717, 1.165) is 0 Å². The molecule has 18 heavy (non-hydrogen) atoms. The number of ether oxygens (including phenoxy) is 1. The van der Waals surface area contributed by atoms with Crippen LogP contribution in [0.4, 0.5) is 10.5 Å². The third-order valence-corrected chi connectivity index (χ3v) is 2.00. The van der Waals surface area contributed by atoms with Gasteiger partial charge in [-0.1, -0.05) is 18.2 Å². The minimum absolute atomic E-state index is 0.0357. The summed E-state index contributed by atoms with van der Waals surface area (Å²) >= 11 is 0. The summed E-state index contributed by atoms with van der Waals surface area (Å²) < 4.78 is 5.12. The van der Waals surface area contributed by atoms with Gasteiger partial charge in [0, 0.05) is 5.69 Å². The van der Waals surface area contributed by atoms with E-state index in [0.29, 0.717) is 11.3 Å². The van der Waals surface area contributed by atoms with Crippen LogP contribution in [0.15, 0.2) is 24.3 Å². The molecule has 0 aliphatic heterocycles. The van der Waals surface area contributed by atoms with Crippen molar-refractivity contribution in [2.24, 2.45) is 0 Å². The molecule has 1 radical (unpaired) electrons. The van der Waals surface area contributed by atoms with Crippen LogP contribution in [0.2, 0.25) is 0 Å². The van der Waals surface area contributed by atoms with E-state index in [9.17, 15) is 9.59 Å². The lowest BCUT2D eigenvalue weighted by Gasteiger charge is -2.20. The van der Waals surface area contributed by atoms with Crippen LogP contribution in [-0.2, 0) is 16.0 Å². The first-order chi connectivity index (χ1) is 8.28. The number of para-hydroxylation sites is 1. The molecule has 5 nitrogen and oxygen atoms in total. The van der Waals surface area contributed by atoms with E-state index < -0.39 is 17.6 Å². The maximum atomic E-state index is 11.6. The summed E-state index contributed by atoms with van der Waals surface area (Å²) in [6, 6.07) is 6.85. The SMILES string of the molecule is CC(C)(C)OC(=O)Nc1ccccc1CC([NH])=O. The van der Waals surface area contributed by atoms with Crippen LogP contribution < -0.4 is 11.1 Å². The molecular formula is C13H17N2O3. The van der Waals surface area contributed by atoms with Gasteiger partial charge < -0.3 is 4.74 Å². The Morgan fingerprint density at radius 1 is 1.28 bits per heavy atom. The van der Waals surface area contributed by atoms with Crippen molar-refractivity contribution in [2.45, 2.75) is 32.8 Å². The molecule has 0 aliphatic rings. The maximum Gasteiger partial charge on any atom is 0.412 e. The van der Waals surface area contributed by atoms with Gasteiger partial charge in [0.25, 0.3) is 0 Å². The molecule has 0 fully saturated rings. The van der Waals surface area contributed by atoms with Gasteiger partial charge in [-0.05, 0) is 32.4 Å². The van der Waals surface area contributed by atoms with Crippen LogP contribution in [0.5, 0.6) is 0 Å². The van der Waals surface area contributed by atoms with Gasteiger partial charge in [-0.25, -0.2) is 4.79 Å². The topological polar surface area (TPSA) is 79.2 Å². The molecule has 1 aromatic rings. The molecular weight excluding hydrogens is 232 g/mol. The van der Waals surface area contributed by atoms with E-state index in [1.807, 2.05) is 0 Å². The smallest absolute Gasteiger partial charge is 0.412 e. The average Bonchev–Trinajstić information content (AvgIpc) is 2.17. The highest BCUT2D eigenvalue weighted by Gasteiger charge is 2.17. The first-order valence-electron chi connectivity index (χ1n) is 5.60. The van der Waals surface area contributed by atoms with Gasteiger partial charge in [-0.3, -0.25) is 15.8 Å². The van der Waals surface area contributed by atoms with E-state index in [1.54, 1.807) is 45.0 Å². The molecule has 0 unspecified atom stereocenters. The van der Waals surface area contributed by atoms with Gasteiger partial charge in [-0.2, -0.15) is 0 Å². The number of amides is 2. The third-order valence-electron chi connectivity index (χ3n) is 2.00. The third kappa shape index (κ3) is 4.86. The van der Waals surface area contributed by atoms with Crippen LogP contribution >= 0.6 is 0 Å². The average molecular weight is 249 g/mol. The molecule has 2 N–H and O–H groups in total. The van der Waals surface area contributed by atoms with Crippen molar-refractivity contribution in [3.63, 3.8) is 0 Å². The fourth-order valence-electron chi connectivity index (χ4n) is 1.38. The van der Waals surface area contributed by atoms with Crippen molar-refractivity contribution >= 4 is 17.7 Å². The van der Waals surface area contributed by atoms with Crippen LogP contribution in [0.3, 0.4) is 0 Å². The Morgan fingerprint density at radius 3 is 2.44 bits per heavy atom. The number of carbonyl (C=O) groups is 2. The second-order valence-electron chi connectivity index (χ2n) is 4.88. The molecule has 0 aliphatic carbocycles. The summed E-state index contributed by atoms with van der Waals surface area (Å²) in [5.41, 5.74) is 7.47. The Hall–Kier alpha value is -2.04. The molecule has 0 saturated carbocycles. The number of benzene rings is 1. The van der Waals surface area contributed by atoms with Crippen LogP contribution in [0.25, 0.3) is 0 Å². The summed E-state index contributed by atoms with van der Waals surface area (Å²) in [5, 5.41) is 2.58. The molecule has 97 valence electrons. The first kappa shape index (κ1) is 14.0. The standard InChI is InChI=1S/C13H17N2O3/c1-13(2,3)18-12(17)15-10-7-5-4-6-9(10)8-11(14)16/h4-7,14H,8H2,1-3H3,(H,15,17). The molecule has 1 rings (SSSR count). The molecule has 1 aromatic carbocycles. The lowest BCUT2D eigenvalue weighted by Crippen LogP contribution is -2.27. The zero-order valence-corrected chi connectivity index (χ0v) is 10.7. The molecule has 0 saturated heterocycles. The number of rotatable bonds is 3. The molecule has 0 aromatic heterocycles. The number of hydrogen-bond donors (Lipinski definition) is 1. The lowest BCUT2D eigenvalue weighted by atomic mass is 10.1. The van der Waals surface area contributed by atoms with E-state index in [-0.39, 0.29) is 6.42 Å². The molecule has 0 bridgehead atoms. The fraction of sp³-hybridized carbons (Fsp3) is 0.385. The quantitative estimate of drug-likeness (QED) is 0.893. The molecule has 0 spiro atoms. The van der Waals surface area contributed by atoms with Crippen LogP contribution in [-0.4, -0.2) is 17.6 Å². The molecule has 5 heteroatoms. The summed E-state index contributed by atoms with van der Waals surface area (Å²) in [4.78, 5) is 22.4. The number of carbonyl (C=O) groups excluding carboxylic acids is 2. The zero-order valence-electron chi connectivity index (χ0n) is 10.7. The van der Waals surface area contributed by atoms with Gasteiger partial charge in [-0.15, -0.1) is 0 Å². The van der Waals surface area contributed by atoms with Crippen molar-refractivity contribution < 1.29 is 14.3 Å². The van der Waals surface area contributed by atoms with Gasteiger partial charge in [0.2, 0.25) is 5.91 Å². The van der Waals surface area contributed by atoms with Gasteiger partial charge in [0.15, 0.2) is 0 Å². The number of nitrogens with one attached hydrogen (secondary N) is 2. The molecule has 0 heterocycles. The predicted molar refractivity (Wildman–Crippen MR) is 68.1 cm³/mol. The van der Waals surface area contributed by atoms with Gasteiger partial charge in [0.1, 0.15) is 5.60 Å². The van der Waals surface area contributed by atoms with E-state index in [1.165, 1.54) is 0 Å². The fourth-order valence-corrected chi connectivity index (χ4v) is 1.38. The van der Waals surface area contributed by atoms with Gasteiger partial charge in [0.05, 0.1) is 6.42 Å². The Bertz CT molecular complexity index is 450. The predicted octanol–water partition coefficient (Wildman–Crippen LogP) is 2.39.